The summed E-state index contributed by atoms with van der Waals surface area (Å²) >= 11 is 1.42. The Morgan fingerprint density at radius 2 is 1.93 bits per heavy atom. The number of amides is 2. The summed E-state index contributed by atoms with van der Waals surface area (Å²) in [5.74, 6) is -0.117. The lowest BCUT2D eigenvalue weighted by Gasteiger charge is -2.38. The first-order valence-corrected chi connectivity index (χ1v) is 10.7. The standard InChI is InChI=1S/C21H25N3O3S/c1-21(2)18(14-6-4-3-5-7-14)24(20(26)27-21)16-10-8-15(9-11-16)23-19(25)17-12-28-13-22-17/h3-7,12-13,15-16,18H,8-11H2,1-2H3,(H,23,25)/t15-,16-,18-/m0/s1. The molecule has 6 nitrogen and oxygen atoms in total. The number of hydrogen-bond donors (Lipinski definition) is 1. The minimum atomic E-state index is -0.575. The van der Waals surface area contributed by atoms with Gasteiger partial charge in [0.2, 0.25) is 0 Å². The lowest BCUT2D eigenvalue weighted by atomic mass is 9.86. The first kappa shape index (κ1) is 18.9. The highest BCUT2D eigenvalue weighted by Gasteiger charge is 2.51. The molecule has 2 fully saturated rings. The van der Waals surface area contributed by atoms with Crippen molar-refractivity contribution in [3.63, 3.8) is 0 Å². The smallest absolute Gasteiger partial charge is 0.411 e. The summed E-state index contributed by atoms with van der Waals surface area (Å²) < 4.78 is 5.73. The van der Waals surface area contributed by atoms with Gasteiger partial charge in [0.25, 0.3) is 5.91 Å². The number of cyclic esters (lactones) is 1. The normalized spacial score (nSPS) is 26.7. The summed E-state index contributed by atoms with van der Waals surface area (Å²) in [6, 6.07) is 10.2. The van der Waals surface area contributed by atoms with Gasteiger partial charge in [-0.3, -0.25) is 9.69 Å². The SMILES string of the molecule is CC1(C)OC(=O)N([C@H]2CC[C@H](NC(=O)c3cscn3)CC2)[C@H]1c1ccccc1. The number of nitrogens with one attached hydrogen (secondary N) is 1. The first-order chi connectivity index (χ1) is 13.5. The van der Waals surface area contributed by atoms with E-state index in [0.29, 0.717) is 5.69 Å². The molecule has 2 aliphatic rings. The van der Waals surface area contributed by atoms with Crippen molar-refractivity contribution in [3.05, 3.63) is 52.5 Å². The molecule has 2 amide bonds. The maximum absolute atomic E-state index is 12.7. The largest absolute Gasteiger partial charge is 0.441 e. The predicted molar refractivity (Wildman–Crippen MR) is 107 cm³/mol. The van der Waals surface area contributed by atoms with E-state index in [9.17, 15) is 9.59 Å². The van der Waals surface area contributed by atoms with Crippen LogP contribution in [-0.2, 0) is 4.74 Å². The molecule has 1 saturated heterocycles. The third kappa shape index (κ3) is 3.63. The quantitative estimate of drug-likeness (QED) is 0.838. The molecular weight excluding hydrogens is 374 g/mol. The molecule has 1 N–H and O–H groups in total. The lowest BCUT2D eigenvalue weighted by molar-refractivity contribution is 0.0663. The number of rotatable bonds is 4. The topological polar surface area (TPSA) is 71.5 Å². The zero-order chi connectivity index (χ0) is 19.7. The van der Waals surface area contributed by atoms with Gasteiger partial charge in [0.1, 0.15) is 11.3 Å². The fourth-order valence-corrected chi connectivity index (χ4v) is 4.95. The second-order valence-electron chi connectivity index (χ2n) is 8.04. The number of benzene rings is 1. The maximum atomic E-state index is 12.7. The van der Waals surface area contributed by atoms with E-state index in [1.807, 2.05) is 36.9 Å². The van der Waals surface area contributed by atoms with Crippen LogP contribution >= 0.6 is 11.3 Å². The van der Waals surface area contributed by atoms with Crippen LogP contribution in [0.25, 0.3) is 0 Å². The molecule has 0 radical (unpaired) electrons. The second-order valence-corrected chi connectivity index (χ2v) is 8.76. The molecule has 1 aromatic heterocycles. The fraction of sp³-hybridized carbons (Fsp3) is 0.476. The third-order valence-electron chi connectivity index (χ3n) is 5.70. The second kappa shape index (κ2) is 7.54. The zero-order valence-electron chi connectivity index (χ0n) is 16.1. The number of ether oxygens (including phenoxy) is 1. The van der Waals surface area contributed by atoms with E-state index in [0.717, 1.165) is 31.2 Å². The summed E-state index contributed by atoms with van der Waals surface area (Å²) in [6.45, 7) is 3.95. The summed E-state index contributed by atoms with van der Waals surface area (Å²) in [5.41, 5.74) is 2.66. The first-order valence-electron chi connectivity index (χ1n) is 9.71. The Balaban J connectivity index is 1.44. The number of aromatic nitrogens is 1. The molecular formula is C21H25N3O3S. The van der Waals surface area contributed by atoms with E-state index in [1.54, 1.807) is 10.9 Å². The molecule has 1 atom stereocenters. The average molecular weight is 400 g/mol. The Kier molecular flexibility index (Phi) is 5.10. The Morgan fingerprint density at radius 3 is 2.57 bits per heavy atom. The number of hydrogen-bond acceptors (Lipinski definition) is 5. The molecule has 0 bridgehead atoms. The van der Waals surface area contributed by atoms with Gasteiger partial charge < -0.3 is 10.1 Å². The van der Waals surface area contributed by atoms with Crippen molar-refractivity contribution in [1.29, 1.82) is 0 Å². The summed E-state index contributed by atoms with van der Waals surface area (Å²) in [7, 11) is 0. The number of nitrogens with zero attached hydrogens (tertiary/aromatic N) is 2. The van der Waals surface area contributed by atoms with Crippen molar-refractivity contribution in [3.8, 4) is 0 Å². The molecule has 4 rings (SSSR count). The van der Waals surface area contributed by atoms with E-state index >= 15 is 0 Å². The van der Waals surface area contributed by atoms with Gasteiger partial charge in [-0.15, -0.1) is 11.3 Å². The van der Waals surface area contributed by atoms with Crippen LogP contribution in [-0.4, -0.2) is 39.6 Å². The molecule has 2 heterocycles. The fourth-order valence-electron chi connectivity index (χ4n) is 4.41. The maximum Gasteiger partial charge on any atom is 0.411 e. The van der Waals surface area contributed by atoms with Gasteiger partial charge in [-0.1, -0.05) is 30.3 Å². The Bertz CT molecular complexity index is 830. The number of thiazole rings is 1. The van der Waals surface area contributed by atoms with E-state index in [2.05, 4.69) is 22.4 Å². The minimum Gasteiger partial charge on any atom is -0.441 e. The molecule has 0 spiro atoms. The van der Waals surface area contributed by atoms with Crippen molar-refractivity contribution in [2.24, 2.45) is 0 Å². The molecule has 28 heavy (non-hydrogen) atoms. The van der Waals surface area contributed by atoms with E-state index in [1.165, 1.54) is 11.3 Å². The predicted octanol–water partition coefficient (Wildman–Crippen LogP) is 4.16. The minimum absolute atomic E-state index is 0.104. The molecule has 148 valence electrons. The van der Waals surface area contributed by atoms with Gasteiger partial charge in [-0.05, 0) is 45.1 Å². The summed E-state index contributed by atoms with van der Waals surface area (Å²) in [6.07, 6.45) is 3.12. The molecule has 7 heteroatoms. The van der Waals surface area contributed by atoms with E-state index < -0.39 is 5.60 Å². The average Bonchev–Trinajstić information content (AvgIpc) is 3.29. The summed E-state index contributed by atoms with van der Waals surface area (Å²) in [5, 5.41) is 4.83. The third-order valence-corrected chi connectivity index (χ3v) is 6.29. The van der Waals surface area contributed by atoms with Crippen molar-refractivity contribution in [2.75, 3.05) is 0 Å². The van der Waals surface area contributed by atoms with Gasteiger partial charge in [-0.25, -0.2) is 9.78 Å². The van der Waals surface area contributed by atoms with Crippen molar-refractivity contribution >= 4 is 23.3 Å². The van der Waals surface area contributed by atoms with Crippen LogP contribution in [0.5, 0.6) is 0 Å². The zero-order valence-corrected chi connectivity index (χ0v) is 16.9. The van der Waals surface area contributed by atoms with Crippen molar-refractivity contribution in [2.45, 2.75) is 63.3 Å². The van der Waals surface area contributed by atoms with Gasteiger partial charge in [0.15, 0.2) is 0 Å². The molecule has 1 aliphatic carbocycles. The van der Waals surface area contributed by atoms with Crippen molar-refractivity contribution < 1.29 is 14.3 Å². The Hall–Kier alpha value is -2.41. The molecule has 1 saturated carbocycles. The number of carbonyl (C=O) groups is 2. The van der Waals surface area contributed by atoms with Crippen LogP contribution in [0.3, 0.4) is 0 Å². The monoisotopic (exact) mass is 399 g/mol. The van der Waals surface area contributed by atoms with Gasteiger partial charge in [0.05, 0.1) is 11.6 Å². The van der Waals surface area contributed by atoms with E-state index in [-0.39, 0.29) is 30.1 Å². The number of carbonyl (C=O) groups excluding carboxylic acids is 2. The Labute approximate surface area is 168 Å². The van der Waals surface area contributed by atoms with Gasteiger partial charge in [0, 0.05) is 17.5 Å². The van der Waals surface area contributed by atoms with Crippen LogP contribution in [0.4, 0.5) is 4.79 Å². The highest BCUT2D eigenvalue weighted by molar-refractivity contribution is 7.07. The Morgan fingerprint density at radius 1 is 1.21 bits per heavy atom. The van der Waals surface area contributed by atoms with E-state index in [4.69, 9.17) is 4.74 Å². The van der Waals surface area contributed by atoms with Crippen LogP contribution in [0.1, 0.15) is 61.6 Å². The lowest BCUT2D eigenvalue weighted by Crippen LogP contribution is -2.46. The highest BCUT2D eigenvalue weighted by atomic mass is 32.1. The highest BCUT2D eigenvalue weighted by Crippen LogP contribution is 2.44. The van der Waals surface area contributed by atoms with Crippen molar-refractivity contribution in [1.82, 2.24) is 15.2 Å². The molecule has 0 unspecified atom stereocenters. The van der Waals surface area contributed by atoms with Gasteiger partial charge >= 0.3 is 6.09 Å². The van der Waals surface area contributed by atoms with Crippen LogP contribution in [0.15, 0.2) is 41.2 Å². The molecule has 2 aromatic rings. The van der Waals surface area contributed by atoms with Gasteiger partial charge in [-0.2, -0.15) is 0 Å². The van der Waals surface area contributed by atoms with Crippen LogP contribution < -0.4 is 5.32 Å². The van der Waals surface area contributed by atoms with Crippen LogP contribution in [0, 0.1) is 0 Å². The molecule has 1 aliphatic heterocycles. The molecule has 1 aromatic carbocycles. The summed E-state index contributed by atoms with van der Waals surface area (Å²) in [4.78, 5) is 30.9. The van der Waals surface area contributed by atoms with Crippen LogP contribution in [0.2, 0.25) is 0 Å².